The lowest BCUT2D eigenvalue weighted by Crippen LogP contribution is -2.43. The zero-order chi connectivity index (χ0) is 30.9. The number of hydrogen-bond donors (Lipinski definition) is 0. The quantitative estimate of drug-likeness (QED) is 0.410. The monoisotopic (exact) mass is 635 g/mol. The van der Waals surface area contributed by atoms with Crippen LogP contribution in [0, 0.1) is 0 Å². The van der Waals surface area contributed by atoms with Crippen LogP contribution in [0.25, 0.3) is 0 Å². The average molecular weight is 636 g/mol. The Balaban J connectivity index is 1.15. The van der Waals surface area contributed by atoms with Crippen molar-refractivity contribution in [3.63, 3.8) is 0 Å². The van der Waals surface area contributed by atoms with Gasteiger partial charge < -0.3 is 19.3 Å². The molecule has 0 radical (unpaired) electrons. The highest BCUT2D eigenvalue weighted by Gasteiger charge is 2.50. The van der Waals surface area contributed by atoms with Crippen LogP contribution in [0.4, 0.5) is 10.2 Å². The number of rotatable bonds is 5. The molecule has 12 heteroatoms. The Morgan fingerprint density at radius 1 is 1.18 bits per heavy atom. The zero-order valence-electron chi connectivity index (χ0n) is 25.9. The second kappa shape index (κ2) is 10.9. The largest absolute Gasteiger partial charge is 0.461 e. The Morgan fingerprint density at radius 3 is 2.93 bits per heavy atom. The van der Waals surface area contributed by atoms with Crippen molar-refractivity contribution in [1.82, 2.24) is 29.5 Å². The number of ether oxygens (including phenoxy) is 2. The second-order valence-corrected chi connectivity index (χ2v) is 14.0. The molecule has 3 aromatic rings. The first-order valence-corrected chi connectivity index (χ1v) is 16.5. The maximum Gasteiger partial charge on any atom is 0.318 e. The molecule has 0 unspecified atom stereocenters. The standard InChI is InChI=1S/C33H39ClFN7O3/c1-39(2)30(43)27-14-22-18-40(11-5-13-42(22)38-27)29-24-19-45-33(10-8-23-25(33)6-3-7-26(23)34)16-28(24)36-31(37-29)44-20-32-9-4-12-41(32)17-21(35)15-32/h3,6-7,14,21H,4-5,8-13,15-20H2,1-2H3/t21-,32+,33-/m1/s1. The van der Waals surface area contributed by atoms with Gasteiger partial charge in [-0.3, -0.25) is 14.4 Å². The van der Waals surface area contributed by atoms with Crippen LogP contribution >= 0.6 is 11.6 Å². The number of carbonyl (C=O) groups is 1. The van der Waals surface area contributed by atoms with Crippen molar-refractivity contribution in [3.05, 3.63) is 63.1 Å². The number of aryl methyl sites for hydroxylation is 1. The molecule has 1 amide bonds. The van der Waals surface area contributed by atoms with Crippen molar-refractivity contribution in [2.75, 3.05) is 45.2 Å². The van der Waals surface area contributed by atoms with Crippen LogP contribution in [0.3, 0.4) is 0 Å². The van der Waals surface area contributed by atoms with Gasteiger partial charge in [0.2, 0.25) is 0 Å². The lowest BCUT2D eigenvalue weighted by molar-refractivity contribution is -0.0730. The lowest BCUT2D eigenvalue weighted by Gasteiger charge is -2.37. The maximum absolute atomic E-state index is 14.5. The van der Waals surface area contributed by atoms with Crippen LogP contribution in [-0.4, -0.2) is 87.5 Å². The minimum atomic E-state index is -0.827. The van der Waals surface area contributed by atoms with Gasteiger partial charge in [-0.25, -0.2) is 4.39 Å². The molecule has 45 heavy (non-hydrogen) atoms. The summed E-state index contributed by atoms with van der Waals surface area (Å²) in [4.78, 5) is 28.8. The number of fused-ring (bicyclic) bond motifs is 5. The number of hydrogen-bond acceptors (Lipinski definition) is 8. The minimum Gasteiger partial charge on any atom is -0.461 e. The first kappa shape index (κ1) is 29.1. The Hall–Kier alpha value is -3.28. The van der Waals surface area contributed by atoms with E-state index in [2.05, 4.69) is 21.0 Å². The van der Waals surface area contributed by atoms with E-state index in [1.807, 2.05) is 22.9 Å². The third-order valence-corrected chi connectivity index (χ3v) is 10.9. The van der Waals surface area contributed by atoms with Crippen molar-refractivity contribution in [3.8, 4) is 6.01 Å². The molecular weight excluding hydrogens is 597 g/mol. The van der Waals surface area contributed by atoms with E-state index in [0.717, 1.165) is 84.1 Å². The number of nitrogens with zero attached hydrogens (tertiary/aromatic N) is 7. The van der Waals surface area contributed by atoms with E-state index in [4.69, 9.17) is 31.0 Å². The van der Waals surface area contributed by atoms with Gasteiger partial charge in [0, 0.05) is 57.2 Å². The summed E-state index contributed by atoms with van der Waals surface area (Å²) in [6.07, 6.45) is 4.76. The number of alkyl halides is 1. The molecule has 2 aromatic heterocycles. The first-order valence-electron chi connectivity index (χ1n) is 16.1. The van der Waals surface area contributed by atoms with Crippen LogP contribution < -0.4 is 9.64 Å². The van der Waals surface area contributed by atoms with E-state index in [9.17, 15) is 9.18 Å². The Morgan fingerprint density at radius 2 is 2.07 bits per heavy atom. The third-order valence-electron chi connectivity index (χ3n) is 10.6. The summed E-state index contributed by atoms with van der Waals surface area (Å²) in [6.45, 7) is 4.13. The number of anilines is 1. The lowest BCUT2D eigenvalue weighted by atomic mass is 9.87. The molecule has 0 N–H and O–H groups in total. The van der Waals surface area contributed by atoms with Gasteiger partial charge in [-0.15, -0.1) is 0 Å². The van der Waals surface area contributed by atoms with E-state index in [1.54, 1.807) is 19.0 Å². The molecule has 2 fully saturated rings. The topological polar surface area (TPSA) is 88.9 Å². The normalized spacial score (nSPS) is 27.2. The molecule has 6 heterocycles. The Kier molecular flexibility index (Phi) is 7.07. The highest BCUT2D eigenvalue weighted by atomic mass is 35.5. The van der Waals surface area contributed by atoms with Crippen LogP contribution in [0.2, 0.25) is 5.02 Å². The molecule has 2 saturated heterocycles. The summed E-state index contributed by atoms with van der Waals surface area (Å²) in [5.41, 5.74) is 4.79. The van der Waals surface area contributed by atoms with Crippen molar-refractivity contribution in [2.24, 2.45) is 0 Å². The van der Waals surface area contributed by atoms with Crippen LogP contribution in [-0.2, 0) is 42.9 Å². The molecule has 1 aromatic carbocycles. The van der Waals surface area contributed by atoms with Gasteiger partial charge in [0.25, 0.3) is 5.91 Å². The number of benzene rings is 1. The fourth-order valence-corrected chi connectivity index (χ4v) is 8.58. The van der Waals surface area contributed by atoms with Crippen molar-refractivity contribution in [1.29, 1.82) is 0 Å². The molecule has 3 atom stereocenters. The van der Waals surface area contributed by atoms with Gasteiger partial charge in [0.1, 0.15) is 18.6 Å². The molecule has 0 bridgehead atoms. The molecule has 5 aliphatic rings. The van der Waals surface area contributed by atoms with Gasteiger partial charge in [-0.1, -0.05) is 23.7 Å². The van der Waals surface area contributed by atoms with E-state index in [1.165, 1.54) is 0 Å². The van der Waals surface area contributed by atoms with E-state index in [-0.39, 0.29) is 11.4 Å². The molecule has 1 spiro atoms. The SMILES string of the molecule is CN(C)C(=O)c1cc2n(n1)CCCN(c1nc(OC[C@@]34CCCN3C[C@H](F)C4)nc3c1CO[C@]1(CCc4c(Cl)cccc41)C3)C2. The second-order valence-electron chi connectivity index (χ2n) is 13.6. The Labute approximate surface area is 267 Å². The fourth-order valence-electron chi connectivity index (χ4n) is 8.31. The molecule has 10 nitrogen and oxygen atoms in total. The molecular formula is C33H39ClFN7O3. The predicted octanol–water partition coefficient (Wildman–Crippen LogP) is 4.31. The highest BCUT2D eigenvalue weighted by molar-refractivity contribution is 6.31. The third kappa shape index (κ3) is 4.89. The van der Waals surface area contributed by atoms with Gasteiger partial charge in [0.05, 0.1) is 35.7 Å². The average Bonchev–Trinajstić information content (AvgIpc) is 3.74. The van der Waals surface area contributed by atoms with Crippen LogP contribution in [0.1, 0.15) is 70.7 Å². The number of carbonyl (C=O) groups excluding carboxylic acids is 1. The summed E-state index contributed by atoms with van der Waals surface area (Å²) in [5, 5.41) is 5.40. The van der Waals surface area contributed by atoms with Gasteiger partial charge in [-0.2, -0.15) is 15.1 Å². The van der Waals surface area contributed by atoms with E-state index in [0.29, 0.717) is 57.4 Å². The van der Waals surface area contributed by atoms with E-state index < -0.39 is 11.8 Å². The number of amides is 1. The van der Waals surface area contributed by atoms with Crippen molar-refractivity contribution in [2.45, 2.75) is 82.0 Å². The summed E-state index contributed by atoms with van der Waals surface area (Å²) >= 11 is 6.61. The number of aromatic nitrogens is 4. The summed E-state index contributed by atoms with van der Waals surface area (Å²) < 4.78 is 29.7. The van der Waals surface area contributed by atoms with Crippen molar-refractivity contribution >= 4 is 23.3 Å². The molecule has 4 aliphatic heterocycles. The van der Waals surface area contributed by atoms with E-state index >= 15 is 0 Å². The van der Waals surface area contributed by atoms with Crippen LogP contribution in [0.5, 0.6) is 6.01 Å². The van der Waals surface area contributed by atoms with Crippen molar-refractivity contribution < 1.29 is 18.7 Å². The maximum atomic E-state index is 14.5. The summed E-state index contributed by atoms with van der Waals surface area (Å²) in [6, 6.07) is 8.28. The molecule has 238 valence electrons. The number of halogens is 2. The van der Waals surface area contributed by atoms with Gasteiger partial charge >= 0.3 is 6.01 Å². The molecule has 0 saturated carbocycles. The molecule has 8 rings (SSSR count). The summed E-state index contributed by atoms with van der Waals surface area (Å²) in [7, 11) is 3.47. The predicted molar refractivity (Wildman–Crippen MR) is 166 cm³/mol. The smallest absolute Gasteiger partial charge is 0.318 e. The fraction of sp³-hybridized carbons (Fsp3) is 0.576. The van der Waals surface area contributed by atoms with Crippen LogP contribution in [0.15, 0.2) is 24.3 Å². The van der Waals surface area contributed by atoms with Gasteiger partial charge in [-0.05, 0) is 61.9 Å². The zero-order valence-corrected chi connectivity index (χ0v) is 26.7. The minimum absolute atomic E-state index is 0.115. The molecule has 1 aliphatic carbocycles. The Bertz CT molecular complexity index is 1670. The first-order chi connectivity index (χ1) is 21.7. The highest BCUT2D eigenvalue weighted by Crippen LogP contribution is 2.49. The summed E-state index contributed by atoms with van der Waals surface area (Å²) in [5.74, 6) is 0.676. The van der Waals surface area contributed by atoms with Gasteiger partial charge in [0.15, 0.2) is 5.69 Å².